The van der Waals surface area contributed by atoms with Crippen molar-refractivity contribution >= 4 is 8.32 Å². The third-order valence-electron chi connectivity index (χ3n) is 2.53. The highest BCUT2D eigenvalue weighted by molar-refractivity contribution is 6.72. The smallest absolute Gasteiger partial charge is 0.188 e. The molecule has 0 aliphatic rings. The van der Waals surface area contributed by atoms with Gasteiger partial charge in [0.1, 0.15) is 0 Å². The Morgan fingerprint density at radius 3 is 1.80 bits per heavy atom. The van der Waals surface area contributed by atoms with E-state index in [1.165, 1.54) is 6.42 Å². The second-order valence-electron chi connectivity index (χ2n) is 4.19. The molecular weight excluding hydrogens is 140 g/mol. The topological polar surface area (TPSA) is 20.2 Å². The summed E-state index contributed by atoms with van der Waals surface area (Å²) in [7, 11) is -1.91. The zero-order chi connectivity index (χ0) is 8.41. The van der Waals surface area contributed by atoms with Crippen molar-refractivity contribution in [3.63, 3.8) is 0 Å². The van der Waals surface area contributed by atoms with Crippen molar-refractivity contribution in [2.45, 2.75) is 51.7 Å². The Hall–Kier alpha value is 0.177. The molecular formula is C8H20OSi. The molecule has 0 fully saturated rings. The van der Waals surface area contributed by atoms with Crippen LogP contribution in [0, 0.1) is 0 Å². The predicted octanol–water partition coefficient (Wildman–Crippen LogP) is 2.76. The van der Waals surface area contributed by atoms with E-state index in [-0.39, 0.29) is 5.04 Å². The highest BCUT2D eigenvalue weighted by Gasteiger charge is 2.36. The van der Waals surface area contributed by atoms with Crippen LogP contribution in [0.3, 0.4) is 0 Å². The van der Waals surface area contributed by atoms with Gasteiger partial charge in [0, 0.05) is 0 Å². The van der Waals surface area contributed by atoms with Gasteiger partial charge >= 0.3 is 0 Å². The van der Waals surface area contributed by atoms with Crippen molar-refractivity contribution in [1.29, 1.82) is 0 Å². The maximum absolute atomic E-state index is 9.82. The van der Waals surface area contributed by atoms with Gasteiger partial charge in [-0.1, -0.05) is 27.2 Å². The molecule has 0 spiro atoms. The molecule has 0 unspecified atom stereocenters. The Balaban J connectivity index is 4.10. The summed E-state index contributed by atoms with van der Waals surface area (Å²) in [6, 6.07) is 0. The van der Waals surface area contributed by atoms with Crippen LogP contribution in [0.5, 0.6) is 0 Å². The summed E-state index contributed by atoms with van der Waals surface area (Å²) < 4.78 is 0. The first-order chi connectivity index (χ1) is 4.31. The van der Waals surface area contributed by atoms with Crippen LogP contribution in [0.1, 0.15) is 33.6 Å². The second-order valence-corrected chi connectivity index (χ2v) is 8.66. The summed E-state index contributed by atoms with van der Waals surface area (Å²) >= 11 is 0. The Labute approximate surface area is 65.6 Å². The van der Waals surface area contributed by atoms with E-state index >= 15 is 0 Å². The summed E-state index contributed by atoms with van der Waals surface area (Å²) in [6.07, 6.45) is 2.31. The molecule has 0 heterocycles. The molecule has 0 aromatic rings. The Morgan fingerprint density at radius 1 is 1.30 bits per heavy atom. The molecule has 10 heavy (non-hydrogen) atoms. The molecule has 1 nitrogen and oxygen atoms in total. The molecule has 0 radical (unpaired) electrons. The van der Waals surface area contributed by atoms with E-state index in [1.807, 2.05) is 13.1 Å². The Bertz CT molecular complexity index is 102. The molecule has 0 aliphatic heterocycles. The van der Waals surface area contributed by atoms with E-state index in [2.05, 4.69) is 20.8 Å². The van der Waals surface area contributed by atoms with Crippen LogP contribution in [0.25, 0.3) is 0 Å². The zero-order valence-corrected chi connectivity index (χ0v) is 8.86. The predicted molar refractivity (Wildman–Crippen MR) is 48.6 cm³/mol. The monoisotopic (exact) mass is 160 g/mol. The van der Waals surface area contributed by atoms with Crippen molar-refractivity contribution in [2.75, 3.05) is 0 Å². The lowest BCUT2D eigenvalue weighted by Crippen LogP contribution is -2.38. The summed E-state index contributed by atoms with van der Waals surface area (Å²) in [4.78, 5) is 9.82. The van der Waals surface area contributed by atoms with Crippen molar-refractivity contribution in [2.24, 2.45) is 0 Å². The SMILES string of the molecule is CCCC(C)(C)[Si](C)(C)O. The molecule has 0 saturated heterocycles. The van der Waals surface area contributed by atoms with Crippen molar-refractivity contribution in [3.8, 4) is 0 Å². The van der Waals surface area contributed by atoms with Crippen LogP contribution >= 0.6 is 0 Å². The number of rotatable bonds is 3. The molecule has 0 aromatic carbocycles. The molecule has 2 heteroatoms. The minimum absolute atomic E-state index is 0.182. The fourth-order valence-electron chi connectivity index (χ4n) is 0.931. The summed E-state index contributed by atoms with van der Waals surface area (Å²) in [6.45, 7) is 10.5. The fraction of sp³-hybridized carbons (Fsp3) is 1.00. The lowest BCUT2D eigenvalue weighted by Gasteiger charge is -2.34. The lowest BCUT2D eigenvalue weighted by atomic mass is 10.1. The van der Waals surface area contributed by atoms with Gasteiger partial charge in [0.2, 0.25) is 0 Å². The minimum Gasteiger partial charge on any atom is -0.432 e. The molecule has 0 bridgehead atoms. The molecule has 1 N–H and O–H groups in total. The van der Waals surface area contributed by atoms with E-state index in [1.54, 1.807) is 0 Å². The summed E-state index contributed by atoms with van der Waals surface area (Å²) in [5.41, 5.74) is 0. The summed E-state index contributed by atoms with van der Waals surface area (Å²) in [5.74, 6) is 0. The third-order valence-corrected chi connectivity index (χ3v) is 6.09. The standard InChI is InChI=1S/C8H20OSi/c1-6-7-8(2,3)10(4,5)9/h9H,6-7H2,1-5H3. The average Bonchev–Trinajstić information content (AvgIpc) is 1.61. The molecule has 62 valence electrons. The van der Waals surface area contributed by atoms with Crippen molar-refractivity contribution < 1.29 is 4.80 Å². The van der Waals surface area contributed by atoms with Crippen molar-refractivity contribution in [3.05, 3.63) is 0 Å². The molecule has 0 rings (SSSR count). The third kappa shape index (κ3) is 2.43. The number of hydrogen-bond acceptors (Lipinski definition) is 1. The highest BCUT2D eigenvalue weighted by Crippen LogP contribution is 2.39. The van der Waals surface area contributed by atoms with Crippen LogP contribution in [0.4, 0.5) is 0 Å². The van der Waals surface area contributed by atoms with E-state index in [0.29, 0.717) is 0 Å². The van der Waals surface area contributed by atoms with Gasteiger partial charge in [-0.25, -0.2) is 0 Å². The van der Waals surface area contributed by atoms with E-state index in [0.717, 1.165) is 6.42 Å². The number of hydrogen-bond donors (Lipinski definition) is 1. The highest BCUT2D eigenvalue weighted by atomic mass is 28.4. The van der Waals surface area contributed by atoms with Gasteiger partial charge in [0.05, 0.1) is 0 Å². The normalized spacial score (nSPS) is 13.8. The largest absolute Gasteiger partial charge is 0.432 e. The van der Waals surface area contributed by atoms with Gasteiger partial charge in [-0.3, -0.25) is 0 Å². The Kier molecular flexibility index (Phi) is 3.11. The average molecular weight is 160 g/mol. The van der Waals surface area contributed by atoms with Crippen LogP contribution in [-0.4, -0.2) is 13.1 Å². The molecule has 0 aromatic heterocycles. The fourth-order valence-corrected chi connectivity index (χ4v) is 1.79. The van der Waals surface area contributed by atoms with Gasteiger partial charge in [0.25, 0.3) is 0 Å². The zero-order valence-electron chi connectivity index (χ0n) is 7.86. The van der Waals surface area contributed by atoms with Crippen LogP contribution in [0.15, 0.2) is 0 Å². The van der Waals surface area contributed by atoms with Gasteiger partial charge in [-0.2, -0.15) is 0 Å². The van der Waals surface area contributed by atoms with Crippen molar-refractivity contribution in [1.82, 2.24) is 0 Å². The molecule has 0 atom stereocenters. The van der Waals surface area contributed by atoms with E-state index in [9.17, 15) is 4.80 Å². The van der Waals surface area contributed by atoms with Crippen LogP contribution in [0.2, 0.25) is 18.1 Å². The second kappa shape index (κ2) is 3.05. The van der Waals surface area contributed by atoms with E-state index in [4.69, 9.17) is 0 Å². The van der Waals surface area contributed by atoms with Gasteiger partial charge in [-0.05, 0) is 24.6 Å². The van der Waals surface area contributed by atoms with E-state index < -0.39 is 8.32 Å². The quantitative estimate of drug-likeness (QED) is 0.629. The van der Waals surface area contributed by atoms with Gasteiger partial charge in [0.15, 0.2) is 8.32 Å². The Morgan fingerprint density at radius 2 is 1.70 bits per heavy atom. The maximum Gasteiger partial charge on any atom is 0.188 e. The maximum atomic E-state index is 9.82. The molecule has 0 aliphatic carbocycles. The van der Waals surface area contributed by atoms with Gasteiger partial charge < -0.3 is 4.80 Å². The first-order valence-corrected chi connectivity index (χ1v) is 6.98. The minimum atomic E-state index is -1.91. The van der Waals surface area contributed by atoms with Crippen LogP contribution in [-0.2, 0) is 0 Å². The first kappa shape index (κ1) is 10.2. The summed E-state index contributed by atoms with van der Waals surface area (Å²) in [5, 5.41) is 0.182. The molecule has 0 amide bonds. The first-order valence-electron chi connectivity index (χ1n) is 4.03. The lowest BCUT2D eigenvalue weighted by molar-refractivity contribution is 0.448. The molecule has 0 saturated carbocycles. The van der Waals surface area contributed by atoms with Crippen LogP contribution < -0.4 is 0 Å². The van der Waals surface area contributed by atoms with Gasteiger partial charge in [-0.15, -0.1) is 0 Å².